The number of carbonyl (C=O) groups excluding carboxylic acids is 1. The van der Waals surface area contributed by atoms with E-state index in [0.29, 0.717) is 37.5 Å². The Kier molecular flexibility index (Phi) is 3.27. The normalized spacial score (nSPS) is 19.9. The first kappa shape index (κ1) is 13.5. The summed E-state index contributed by atoms with van der Waals surface area (Å²) in [6.45, 7) is 2.52. The maximum absolute atomic E-state index is 11.4. The van der Waals surface area contributed by atoms with Gasteiger partial charge in [-0.2, -0.15) is 0 Å². The minimum absolute atomic E-state index is 0.216. The topological polar surface area (TPSA) is 84.9 Å². The molecule has 2 N–H and O–H groups in total. The van der Waals surface area contributed by atoms with E-state index in [0.717, 1.165) is 10.4 Å². The lowest BCUT2D eigenvalue weighted by Gasteiger charge is -2.31. The van der Waals surface area contributed by atoms with Crippen molar-refractivity contribution in [1.82, 2.24) is 0 Å². The number of carboxylic acid groups (broad SMARTS) is 1. The second kappa shape index (κ2) is 4.83. The molecule has 1 aromatic heterocycles. The Morgan fingerprint density at radius 1 is 1.35 bits per heavy atom. The van der Waals surface area contributed by atoms with Gasteiger partial charge in [0, 0.05) is 24.6 Å². The molecule has 2 aliphatic rings. The fourth-order valence-electron chi connectivity index (χ4n) is 2.79. The van der Waals surface area contributed by atoms with Crippen LogP contribution in [-0.4, -0.2) is 36.0 Å². The molecule has 0 saturated carbocycles. The van der Waals surface area contributed by atoms with Crippen molar-refractivity contribution in [2.45, 2.75) is 32.0 Å². The lowest BCUT2D eigenvalue weighted by Crippen LogP contribution is -2.36. The molecule has 1 aliphatic carbocycles. The van der Waals surface area contributed by atoms with E-state index in [4.69, 9.17) is 9.47 Å². The minimum atomic E-state index is -1.00. The number of carbonyl (C=O) groups is 2. The molecular weight excluding hydrogens is 282 g/mol. The molecule has 3 rings (SSSR count). The number of hydrogen-bond acceptors (Lipinski definition) is 5. The van der Waals surface area contributed by atoms with Gasteiger partial charge in [0.1, 0.15) is 5.00 Å². The molecule has 0 bridgehead atoms. The van der Waals surface area contributed by atoms with Crippen molar-refractivity contribution in [3.63, 3.8) is 0 Å². The van der Waals surface area contributed by atoms with Crippen molar-refractivity contribution in [2.75, 3.05) is 18.5 Å². The Balaban J connectivity index is 1.98. The molecule has 1 spiro atoms. The molecule has 1 amide bonds. The van der Waals surface area contributed by atoms with Gasteiger partial charge in [-0.1, -0.05) is 0 Å². The first-order valence-corrected chi connectivity index (χ1v) is 7.26. The molecule has 1 aromatic rings. The monoisotopic (exact) mass is 297 g/mol. The predicted molar refractivity (Wildman–Crippen MR) is 72.2 cm³/mol. The van der Waals surface area contributed by atoms with Gasteiger partial charge in [-0.05, 0) is 12.0 Å². The Hall–Kier alpha value is -1.44. The highest BCUT2D eigenvalue weighted by atomic mass is 32.1. The van der Waals surface area contributed by atoms with Crippen LogP contribution in [0, 0.1) is 0 Å². The first-order chi connectivity index (χ1) is 9.51. The van der Waals surface area contributed by atoms with Gasteiger partial charge in [-0.3, -0.25) is 4.79 Å². The van der Waals surface area contributed by atoms with Gasteiger partial charge in [0.05, 0.1) is 18.8 Å². The molecule has 0 atom stereocenters. The van der Waals surface area contributed by atoms with Gasteiger partial charge in [0.25, 0.3) is 0 Å². The van der Waals surface area contributed by atoms with Crippen LogP contribution in [0.4, 0.5) is 5.00 Å². The SMILES string of the molecule is CC(=O)Nc1sc2c(c1C(=O)O)CCC1(C2)OCCO1. The zero-order valence-corrected chi connectivity index (χ0v) is 11.8. The average molecular weight is 297 g/mol. The maximum atomic E-state index is 11.4. The molecule has 2 heterocycles. The molecule has 1 saturated heterocycles. The minimum Gasteiger partial charge on any atom is -0.478 e. The van der Waals surface area contributed by atoms with Gasteiger partial charge in [-0.25, -0.2) is 4.79 Å². The third kappa shape index (κ3) is 2.21. The molecule has 0 aromatic carbocycles. The molecule has 1 fully saturated rings. The van der Waals surface area contributed by atoms with E-state index in [-0.39, 0.29) is 11.5 Å². The van der Waals surface area contributed by atoms with Crippen LogP contribution in [-0.2, 0) is 27.1 Å². The summed E-state index contributed by atoms with van der Waals surface area (Å²) in [7, 11) is 0. The lowest BCUT2D eigenvalue weighted by molar-refractivity contribution is -0.163. The smallest absolute Gasteiger partial charge is 0.339 e. The number of fused-ring (bicyclic) bond motifs is 1. The van der Waals surface area contributed by atoms with E-state index in [1.165, 1.54) is 18.3 Å². The van der Waals surface area contributed by atoms with E-state index >= 15 is 0 Å². The van der Waals surface area contributed by atoms with Gasteiger partial charge in [-0.15, -0.1) is 11.3 Å². The zero-order chi connectivity index (χ0) is 14.3. The molecule has 1 aliphatic heterocycles. The number of rotatable bonds is 2. The highest BCUT2D eigenvalue weighted by Gasteiger charge is 2.42. The molecule has 108 valence electrons. The first-order valence-electron chi connectivity index (χ1n) is 6.44. The molecule has 7 heteroatoms. The van der Waals surface area contributed by atoms with E-state index in [1.54, 1.807) is 0 Å². The van der Waals surface area contributed by atoms with E-state index in [9.17, 15) is 14.7 Å². The van der Waals surface area contributed by atoms with Crippen molar-refractivity contribution in [1.29, 1.82) is 0 Å². The summed E-state index contributed by atoms with van der Waals surface area (Å²) in [4.78, 5) is 23.6. The van der Waals surface area contributed by atoms with Crippen LogP contribution in [0.5, 0.6) is 0 Å². The molecule has 0 unspecified atom stereocenters. The molecule has 6 nitrogen and oxygen atoms in total. The van der Waals surface area contributed by atoms with Crippen LogP contribution >= 0.6 is 11.3 Å². The number of aromatic carboxylic acids is 1. The average Bonchev–Trinajstić information content (AvgIpc) is 2.93. The Morgan fingerprint density at radius 3 is 2.65 bits per heavy atom. The number of carboxylic acids is 1. The van der Waals surface area contributed by atoms with Gasteiger partial charge in [0.15, 0.2) is 5.79 Å². The second-order valence-electron chi connectivity index (χ2n) is 4.98. The standard InChI is InChI=1S/C13H15NO5S/c1-7(15)14-11-10(12(16)17)8-2-3-13(6-9(8)20-11)18-4-5-19-13/h2-6H2,1H3,(H,14,15)(H,16,17). The summed E-state index contributed by atoms with van der Waals surface area (Å²) in [6, 6.07) is 0. The maximum Gasteiger partial charge on any atom is 0.339 e. The number of thiophene rings is 1. The van der Waals surface area contributed by atoms with E-state index < -0.39 is 11.8 Å². The summed E-state index contributed by atoms with van der Waals surface area (Å²) in [5, 5.41) is 12.4. The van der Waals surface area contributed by atoms with Crippen molar-refractivity contribution in [3.8, 4) is 0 Å². The fraction of sp³-hybridized carbons (Fsp3) is 0.538. The second-order valence-corrected chi connectivity index (χ2v) is 6.08. The summed E-state index contributed by atoms with van der Waals surface area (Å²) < 4.78 is 11.4. The largest absolute Gasteiger partial charge is 0.478 e. The van der Waals surface area contributed by atoms with Crippen LogP contribution in [0.2, 0.25) is 0 Å². The van der Waals surface area contributed by atoms with Gasteiger partial charge in [0.2, 0.25) is 5.91 Å². The van der Waals surface area contributed by atoms with Gasteiger partial charge < -0.3 is 19.9 Å². The summed E-state index contributed by atoms with van der Waals surface area (Å²) in [6.07, 6.45) is 1.79. The van der Waals surface area contributed by atoms with Crippen LogP contribution in [0.25, 0.3) is 0 Å². The van der Waals surface area contributed by atoms with E-state index in [1.807, 2.05) is 0 Å². The number of amides is 1. The quantitative estimate of drug-likeness (QED) is 0.866. The molecular formula is C13H15NO5S. The van der Waals surface area contributed by atoms with Crippen LogP contribution in [0.3, 0.4) is 0 Å². The predicted octanol–water partition coefficient (Wildman–Crippen LogP) is 1.64. The lowest BCUT2D eigenvalue weighted by atomic mass is 9.91. The Bertz CT molecular complexity index is 574. The highest BCUT2D eigenvalue weighted by Crippen LogP contribution is 2.43. The Morgan fingerprint density at radius 2 is 2.05 bits per heavy atom. The third-order valence-corrected chi connectivity index (χ3v) is 4.74. The number of hydrogen-bond donors (Lipinski definition) is 2. The zero-order valence-electron chi connectivity index (χ0n) is 11.0. The van der Waals surface area contributed by atoms with Crippen molar-refractivity contribution in [2.24, 2.45) is 0 Å². The van der Waals surface area contributed by atoms with Crippen molar-refractivity contribution >= 4 is 28.2 Å². The summed E-state index contributed by atoms with van der Waals surface area (Å²) in [5.74, 6) is -1.87. The summed E-state index contributed by atoms with van der Waals surface area (Å²) in [5.41, 5.74) is 1.02. The highest BCUT2D eigenvalue weighted by molar-refractivity contribution is 7.17. The van der Waals surface area contributed by atoms with E-state index in [2.05, 4.69) is 5.32 Å². The molecule has 0 radical (unpaired) electrons. The van der Waals surface area contributed by atoms with Gasteiger partial charge >= 0.3 is 5.97 Å². The van der Waals surface area contributed by atoms with Crippen molar-refractivity contribution in [3.05, 3.63) is 16.0 Å². The number of ether oxygens (including phenoxy) is 2. The fourth-order valence-corrected chi connectivity index (χ4v) is 4.16. The van der Waals surface area contributed by atoms with Crippen molar-refractivity contribution < 1.29 is 24.2 Å². The Labute approximate surface area is 119 Å². The number of anilines is 1. The van der Waals surface area contributed by atoms with Crippen LogP contribution in [0.15, 0.2) is 0 Å². The molecule has 20 heavy (non-hydrogen) atoms. The van der Waals surface area contributed by atoms with Crippen LogP contribution in [0.1, 0.15) is 34.1 Å². The third-order valence-electron chi connectivity index (χ3n) is 3.59. The number of nitrogens with one attached hydrogen (secondary N) is 1. The van der Waals surface area contributed by atoms with Crippen LogP contribution < -0.4 is 5.32 Å². The summed E-state index contributed by atoms with van der Waals surface area (Å²) >= 11 is 1.31.